The SMILES string of the molecule is Nc1cccc(CCC(=O)c2sccc2Br)c1. The third-order valence-electron chi connectivity index (χ3n) is 2.46. The van der Waals surface area contributed by atoms with Gasteiger partial charge in [0, 0.05) is 16.6 Å². The minimum absolute atomic E-state index is 0.175. The van der Waals surface area contributed by atoms with Crippen LogP contribution in [-0.2, 0) is 6.42 Å². The average molecular weight is 310 g/mol. The van der Waals surface area contributed by atoms with E-state index in [-0.39, 0.29) is 5.78 Å². The van der Waals surface area contributed by atoms with Crippen LogP contribution in [0.3, 0.4) is 0 Å². The molecule has 0 amide bonds. The lowest BCUT2D eigenvalue weighted by atomic mass is 10.1. The highest BCUT2D eigenvalue weighted by atomic mass is 79.9. The van der Waals surface area contributed by atoms with Crippen molar-refractivity contribution < 1.29 is 4.79 Å². The summed E-state index contributed by atoms with van der Waals surface area (Å²) in [7, 11) is 0. The molecule has 1 aromatic heterocycles. The van der Waals surface area contributed by atoms with Crippen LogP contribution in [0.25, 0.3) is 0 Å². The standard InChI is InChI=1S/C13H12BrNOS/c14-11-6-7-17-13(11)12(16)5-4-9-2-1-3-10(15)8-9/h1-3,6-8H,4-5,15H2. The Labute approximate surface area is 113 Å². The van der Waals surface area contributed by atoms with Crippen molar-refractivity contribution in [3.05, 3.63) is 50.6 Å². The van der Waals surface area contributed by atoms with Gasteiger partial charge in [-0.1, -0.05) is 12.1 Å². The van der Waals surface area contributed by atoms with Crippen LogP contribution >= 0.6 is 27.3 Å². The number of hydrogen-bond donors (Lipinski definition) is 1. The quantitative estimate of drug-likeness (QED) is 0.687. The Kier molecular flexibility index (Phi) is 3.97. The van der Waals surface area contributed by atoms with Crippen molar-refractivity contribution in [2.75, 3.05) is 5.73 Å². The fourth-order valence-electron chi connectivity index (χ4n) is 1.61. The lowest BCUT2D eigenvalue weighted by Crippen LogP contribution is -1.99. The molecule has 0 atom stereocenters. The number of Topliss-reactive ketones (excluding diaryl/α,β-unsaturated/α-hetero) is 1. The molecule has 0 aliphatic carbocycles. The number of anilines is 1. The second-order valence-corrected chi connectivity index (χ2v) is 5.54. The van der Waals surface area contributed by atoms with Crippen LogP contribution in [0.5, 0.6) is 0 Å². The molecule has 2 N–H and O–H groups in total. The van der Waals surface area contributed by atoms with Crippen LogP contribution in [0.2, 0.25) is 0 Å². The molecule has 2 rings (SSSR count). The number of nitrogens with two attached hydrogens (primary N) is 1. The van der Waals surface area contributed by atoms with Crippen LogP contribution in [0, 0.1) is 0 Å². The van der Waals surface area contributed by atoms with Gasteiger partial charge in [0.1, 0.15) is 0 Å². The zero-order valence-electron chi connectivity index (χ0n) is 9.15. The molecule has 1 aromatic carbocycles. The van der Waals surface area contributed by atoms with Crippen LogP contribution in [0.4, 0.5) is 5.69 Å². The third kappa shape index (κ3) is 3.17. The molecule has 2 nitrogen and oxygen atoms in total. The van der Waals surface area contributed by atoms with E-state index in [0.29, 0.717) is 6.42 Å². The van der Waals surface area contributed by atoms with Gasteiger partial charge in [0.2, 0.25) is 0 Å². The van der Waals surface area contributed by atoms with Crippen molar-refractivity contribution in [1.82, 2.24) is 0 Å². The first-order chi connectivity index (χ1) is 8.16. The van der Waals surface area contributed by atoms with Gasteiger partial charge in [-0.25, -0.2) is 0 Å². The number of hydrogen-bond acceptors (Lipinski definition) is 3. The van der Waals surface area contributed by atoms with Gasteiger partial charge in [0.05, 0.1) is 4.88 Å². The fraction of sp³-hybridized carbons (Fsp3) is 0.154. The first kappa shape index (κ1) is 12.3. The molecule has 0 saturated heterocycles. The second kappa shape index (κ2) is 5.47. The number of carbonyl (C=O) groups is 1. The molecule has 17 heavy (non-hydrogen) atoms. The van der Waals surface area contributed by atoms with Crippen molar-refractivity contribution >= 4 is 38.7 Å². The van der Waals surface area contributed by atoms with Crippen molar-refractivity contribution in [3.8, 4) is 0 Å². The number of rotatable bonds is 4. The Balaban J connectivity index is 1.99. The van der Waals surface area contributed by atoms with Gasteiger partial charge in [-0.3, -0.25) is 4.79 Å². The molecule has 0 radical (unpaired) electrons. The molecule has 4 heteroatoms. The molecule has 0 spiro atoms. The van der Waals surface area contributed by atoms with Crippen molar-refractivity contribution in [2.24, 2.45) is 0 Å². The molecule has 2 aromatic rings. The van der Waals surface area contributed by atoms with E-state index >= 15 is 0 Å². The summed E-state index contributed by atoms with van der Waals surface area (Å²) < 4.78 is 0.889. The van der Waals surface area contributed by atoms with Gasteiger partial charge in [-0.15, -0.1) is 11.3 Å². The van der Waals surface area contributed by atoms with E-state index < -0.39 is 0 Å². The number of aryl methyl sites for hydroxylation is 1. The van der Waals surface area contributed by atoms with Crippen molar-refractivity contribution in [3.63, 3.8) is 0 Å². The number of nitrogen functional groups attached to an aromatic ring is 1. The number of carbonyl (C=O) groups excluding carboxylic acids is 1. The Morgan fingerprint density at radius 3 is 2.82 bits per heavy atom. The Hall–Kier alpha value is -1.13. The monoisotopic (exact) mass is 309 g/mol. The predicted molar refractivity (Wildman–Crippen MR) is 75.5 cm³/mol. The van der Waals surface area contributed by atoms with E-state index in [1.807, 2.05) is 35.7 Å². The van der Waals surface area contributed by atoms with Gasteiger partial charge in [0.25, 0.3) is 0 Å². The number of thiophene rings is 1. The molecule has 1 heterocycles. The van der Waals surface area contributed by atoms with Crippen LogP contribution in [0.1, 0.15) is 21.7 Å². The summed E-state index contributed by atoms with van der Waals surface area (Å²) in [4.78, 5) is 12.7. The molecule has 0 unspecified atom stereocenters. The summed E-state index contributed by atoms with van der Waals surface area (Å²) in [5.41, 5.74) is 7.54. The van der Waals surface area contributed by atoms with E-state index in [1.54, 1.807) is 0 Å². The summed E-state index contributed by atoms with van der Waals surface area (Å²) >= 11 is 4.85. The van der Waals surface area contributed by atoms with E-state index in [2.05, 4.69) is 15.9 Å². The van der Waals surface area contributed by atoms with Gasteiger partial charge >= 0.3 is 0 Å². The fourth-order valence-corrected chi connectivity index (χ4v) is 3.18. The van der Waals surface area contributed by atoms with E-state index in [9.17, 15) is 4.79 Å². The van der Waals surface area contributed by atoms with E-state index in [0.717, 1.165) is 27.0 Å². The Bertz CT molecular complexity index is 536. The molecular weight excluding hydrogens is 298 g/mol. The van der Waals surface area contributed by atoms with Crippen molar-refractivity contribution in [2.45, 2.75) is 12.8 Å². The van der Waals surface area contributed by atoms with Gasteiger partial charge < -0.3 is 5.73 Å². The summed E-state index contributed by atoms with van der Waals surface area (Å²) in [5.74, 6) is 0.175. The molecular formula is C13H12BrNOS. The largest absolute Gasteiger partial charge is 0.399 e. The molecule has 0 saturated carbocycles. The maximum atomic E-state index is 11.9. The second-order valence-electron chi connectivity index (χ2n) is 3.77. The average Bonchev–Trinajstić information content (AvgIpc) is 2.72. The lowest BCUT2D eigenvalue weighted by molar-refractivity contribution is 0.0986. The van der Waals surface area contributed by atoms with Gasteiger partial charge in [-0.05, 0) is 51.5 Å². The van der Waals surface area contributed by atoms with Gasteiger partial charge in [-0.2, -0.15) is 0 Å². The lowest BCUT2D eigenvalue weighted by Gasteiger charge is -2.02. The first-order valence-electron chi connectivity index (χ1n) is 5.27. The summed E-state index contributed by atoms with van der Waals surface area (Å²) in [6.45, 7) is 0. The van der Waals surface area contributed by atoms with E-state index in [4.69, 9.17) is 5.73 Å². The third-order valence-corrected chi connectivity index (χ3v) is 4.34. The molecule has 0 fully saturated rings. The maximum Gasteiger partial charge on any atom is 0.174 e. The van der Waals surface area contributed by atoms with Crippen LogP contribution in [-0.4, -0.2) is 5.78 Å². The Morgan fingerprint density at radius 2 is 2.18 bits per heavy atom. The van der Waals surface area contributed by atoms with Crippen LogP contribution < -0.4 is 5.73 Å². The summed E-state index contributed by atoms with van der Waals surface area (Å²) in [5, 5.41) is 1.91. The zero-order valence-corrected chi connectivity index (χ0v) is 11.6. The molecule has 0 aliphatic rings. The maximum absolute atomic E-state index is 11.9. The highest BCUT2D eigenvalue weighted by Gasteiger charge is 2.11. The topological polar surface area (TPSA) is 43.1 Å². The molecule has 88 valence electrons. The smallest absolute Gasteiger partial charge is 0.174 e. The summed E-state index contributed by atoms with van der Waals surface area (Å²) in [6.07, 6.45) is 1.25. The number of halogens is 1. The Morgan fingerprint density at radius 1 is 1.35 bits per heavy atom. The van der Waals surface area contributed by atoms with E-state index in [1.165, 1.54) is 11.3 Å². The number of ketones is 1. The predicted octanol–water partition coefficient (Wildman–Crippen LogP) is 3.91. The molecule has 0 bridgehead atoms. The van der Waals surface area contributed by atoms with Gasteiger partial charge in [0.15, 0.2) is 5.78 Å². The van der Waals surface area contributed by atoms with Crippen LogP contribution in [0.15, 0.2) is 40.2 Å². The first-order valence-corrected chi connectivity index (χ1v) is 6.94. The highest BCUT2D eigenvalue weighted by molar-refractivity contribution is 9.10. The molecule has 0 aliphatic heterocycles. The summed E-state index contributed by atoms with van der Waals surface area (Å²) in [6, 6.07) is 9.57. The van der Waals surface area contributed by atoms with Crippen molar-refractivity contribution in [1.29, 1.82) is 0 Å². The zero-order chi connectivity index (χ0) is 12.3. The number of benzene rings is 1. The normalized spacial score (nSPS) is 10.4. The minimum Gasteiger partial charge on any atom is -0.399 e. The highest BCUT2D eigenvalue weighted by Crippen LogP contribution is 2.24. The minimum atomic E-state index is 0.175.